The third kappa shape index (κ3) is 5.00. The third-order valence-electron chi connectivity index (χ3n) is 2.76. The molecule has 0 saturated heterocycles. The van der Waals surface area contributed by atoms with Crippen molar-refractivity contribution in [3.63, 3.8) is 0 Å². The van der Waals surface area contributed by atoms with Crippen molar-refractivity contribution in [1.82, 2.24) is 0 Å². The van der Waals surface area contributed by atoms with Gasteiger partial charge >= 0.3 is 0 Å². The van der Waals surface area contributed by atoms with Gasteiger partial charge in [-0.25, -0.2) is 8.42 Å². The second-order valence-corrected chi connectivity index (χ2v) is 6.41. The van der Waals surface area contributed by atoms with E-state index in [0.29, 0.717) is 6.42 Å². The molecule has 0 atom stereocenters. The smallest absolute Gasteiger partial charge is 0.185 e. The van der Waals surface area contributed by atoms with Crippen molar-refractivity contribution in [3.05, 3.63) is 30.3 Å². The Kier molecular flexibility index (Phi) is 6.05. The van der Waals surface area contributed by atoms with Crippen LogP contribution in [0.4, 0.5) is 0 Å². The molecule has 0 aromatic heterocycles. The van der Waals surface area contributed by atoms with E-state index >= 15 is 0 Å². The van der Waals surface area contributed by atoms with E-state index in [1.165, 1.54) is 12.1 Å². The lowest BCUT2D eigenvalue weighted by atomic mass is 10.1. The second kappa shape index (κ2) is 7.31. The van der Waals surface area contributed by atoms with E-state index in [1.807, 2.05) is 0 Å². The van der Waals surface area contributed by atoms with Gasteiger partial charge in [0.1, 0.15) is 11.5 Å². The average Bonchev–Trinajstić information content (AvgIpc) is 2.35. The van der Waals surface area contributed by atoms with Crippen molar-refractivity contribution < 1.29 is 13.2 Å². The molecule has 4 heteroatoms. The molecule has 0 radical (unpaired) electrons. The molecule has 0 aliphatic heterocycles. The van der Waals surface area contributed by atoms with Gasteiger partial charge in [0.2, 0.25) is 0 Å². The van der Waals surface area contributed by atoms with Crippen LogP contribution >= 0.6 is 0 Å². The van der Waals surface area contributed by atoms with E-state index in [9.17, 15) is 13.2 Å². The zero-order valence-electron chi connectivity index (χ0n) is 10.8. The number of ketones is 1. The number of carbonyl (C=O) groups is 1. The van der Waals surface area contributed by atoms with Gasteiger partial charge in [-0.1, -0.05) is 44.4 Å². The highest BCUT2D eigenvalue weighted by molar-refractivity contribution is 7.92. The van der Waals surface area contributed by atoms with Crippen LogP contribution < -0.4 is 0 Å². The molecule has 0 amide bonds. The van der Waals surface area contributed by atoms with Crippen LogP contribution in [0, 0.1) is 0 Å². The second-order valence-electron chi connectivity index (χ2n) is 4.42. The Morgan fingerprint density at radius 1 is 1.06 bits per heavy atom. The molecular weight excluding hydrogens is 248 g/mol. The molecule has 1 aromatic rings. The molecule has 18 heavy (non-hydrogen) atoms. The molecular formula is C14H20O3S. The monoisotopic (exact) mass is 268 g/mol. The van der Waals surface area contributed by atoms with Gasteiger partial charge in [0.05, 0.1) is 4.90 Å². The molecule has 0 N–H and O–H groups in total. The Labute approximate surface area is 109 Å². The maximum absolute atomic E-state index is 11.9. The highest BCUT2D eigenvalue weighted by atomic mass is 32.2. The number of hydrogen-bond acceptors (Lipinski definition) is 3. The van der Waals surface area contributed by atoms with Crippen LogP contribution in [0.25, 0.3) is 0 Å². The average molecular weight is 268 g/mol. The van der Waals surface area contributed by atoms with Crippen molar-refractivity contribution >= 4 is 15.6 Å². The van der Waals surface area contributed by atoms with Crippen LogP contribution in [0.3, 0.4) is 0 Å². The number of sulfone groups is 1. The van der Waals surface area contributed by atoms with Crippen LogP contribution in [0.1, 0.15) is 39.0 Å². The fourth-order valence-corrected chi connectivity index (χ4v) is 3.05. The quantitative estimate of drug-likeness (QED) is 0.681. The van der Waals surface area contributed by atoms with Crippen LogP contribution in [0.15, 0.2) is 35.2 Å². The molecule has 1 aromatic carbocycles. The summed E-state index contributed by atoms with van der Waals surface area (Å²) in [6.07, 6.45) is 4.35. The Balaban J connectivity index is 2.49. The summed E-state index contributed by atoms with van der Waals surface area (Å²) >= 11 is 0. The van der Waals surface area contributed by atoms with Gasteiger partial charge in [-0.3, -0.25) is 4.79 Å². The largest absolute Gasteiger partial charge is 0.299 e. The van der Waals surface area contributed by atoms with Gasteiger partial charge in [-0.2, -0.15) is 0 Å². The summed E-state index contributed by atoms with van der Waals surface area (Å²) in [6, 6.07) is 8.14. The Bertz CT molecular complexity index is 463. The molecule has 0 saturated carbocycles. The number of hydrogen-bond donors (Lipinski definition) is 0. The maximum Gasteiger partial charge on any atom is 0.185 e. The van der Waals surface area contributed by atoms with Gasteiger partial charge < -0.3 is 0 Å². The van der Waals surface area contributed by atoms with E-state index in [4.69, 9.17) is 0 Å². The Morgan fingerprint density at radius 2 is 1.72 bits per heavy atom. The molecule has 0 bridgehead atoms. The van der Waals surface area contributed by atoms with E-state index in [0.717, 1.165) is 25.7 Å². The highest BCUT2D eigenvalue weighted by Crippen LogP contribution is 2.12. The summed E-state index contributed by atoms with van der Waals surface area (Å²) in [5, 5.41) is 0. The Hall–Kier alpha value is -1.16. The van der Waals surface area contributed by atoms with E-state index in [-0.39, 0.29) is 16.4 Å². The first-order valence-electron chi connectivity index (χ1n) is 6.36. The number of unbranched alkanes of at least 4 members (excludes halogenated alkanes) is 3. The predicted molar refractivity (Wildman–Crippen MR) is 72.3 cm³/mol. The van der Waals surface area contributed by atoms with E-state index in [1.54, 1.807) is 18.2 Å². The number of carbonyl (C=O) groups excluding carboxylic acids is 1. The lowest BCUT2D eigenvalue weighted by molar-refractivity contribution is -0.116. The first-order chi connectivity index (χ1) is 8.56. The fourth-order valence-electron chi connectivity index (χ4n) is 1.74. The van der Waals surface area contributed by atoms with E-state index < -0.39 is 9.84 Å². The normalized spacial score (nSPS) is 11.4. The van der Waals surface area contributed by atoms with Crippen LogP contribution in [0.5, 0.6) is 0 Å². The molecule has 0 heterocycles. The molecule has 0 spiro atoms. The van der Waals surface area contributed by atoms with Crippen molar-refractivity contribution in [2.24, 2.45) is 0 Å². The summed E-state index contributed by atoms with van der Waals surface area (Å²) in [5.41, 5.74) is 0. The standard InChI is InChI=1S/C14H20O3S/c1-2-3-4-6-9-13(15)12-18(16,17)14-10-7-5-8-11-14/h5,7-8,10-11H,2-4,6,9,12H2,1H3. The minimum atomic E-state index is -3.45. The van der Waals surface area contributed by atoms with Crippen LogP contribution in [0.2, 0.25) is 0 Å². The minimum Gasteiger partial charge on any atom is -0.299 e. The van der Waals surface area contributed by atoms with Gasteiger partial charge in [0, 0.05) is 6.42 Å². The zero-order valence-corrected chi connectivity index (χ0v) is 11.6. The topological polar surface area (TPSA) is 51.2 Å². The maximum atomic E-state index is 11.9. The van der Waals surface area contributed by atoms with Crippen molar-refractivity contribution in [2.45, 2.75) is 43.9 Å². The molecule has 0 unspecified atom stereocenters. The predicted octanol–water partition coefficient (Wildman–Crippen LogP) is 3.00. The summed E-state index contributed by atoms with van der Waals surface area (Å²) in [4.78, 5) is 11.8. The molecule has 0 aliphatic rings. The van der Waals surface area contributed by atoms with Crippen molar-refractivity contribution in [1.29, 1.82) is 0 Å². The van der Waals surface area contributed by atoms with Crippen LogP contribution in [-0.4, -0.2) is 20.0 Å². The highest BCUT2D eigenvalue weighted by Gasteiger charge is 2.18. The molecule has 1 rings (SSSR count). The third-order valence-corrected chi connectivity index (χ3v) is 4.45. The number of Topliss-reactive ketones (excluding diaryl/α,β-unsaturated/α-hetero) is 1. The first-order valence-corrected chi connectivity index (χ1v) is 8.01. The summed E-state index contributed by atoms with van der Waals surface area (Å²) in [7, 11) is -3.45. The minimum absolute atomic E-state index is 0.185. The molecule has 0 fully saturated rings. The Morgan fingerprint density at radius 3 is 2.33 bits per heavy atom. The van der Waals surface area contributed by atoms with Gasteiger partial charge in [-0.05, 0) is 18.6 Å². The lowest BCUT2D eigenvalue weighted by Gasteiger charge is -2.03. The first kappa shape index (κ1) is 14.9. The molecule has 100 valence electrons. The van der Waals surface area contributed by atoms with Crippen molar-refractivity contribution in [2.75, 3.05) is 5.75 Å². The van der Waals surface area contributed by atoms with Crippen molar-refractivity contribution in [3.8, 4) is 0 Å². The zero-order chi connectivity index (χ0) is 13.4. The number of rotatable bonds is 8. The number of benzene rings is 1. The summed E-state index contributed by atoms with van der Waals surface area (Å²) < 4.78 is 23.8. The molecule has 0 aliphatic carbocycles. The lowest BCUT2D eigenvalue weighted by Crippen LogP contribution is -2.16. The van der Waals surface area contributed by atoms with Gasteiger partial charge in [0.25, 0.3) is 0 Å². The van der Waals surface area contributed by atoms with E-state index in [2.05, 4.69) is 6.92 Å². The van der Waals surface area contributed by atoms with Crippen LogP contribution in [-0.2, 0) is 14.6 Å². The van der Waals surface area contributed by atoms with Gasteiger partial charge in [-0.15, -0.1) is 0 Å². The SMILES string of the molecule is CCCCCCC(=O)CS(=O)(=O)c1ccccc1. The summed E-state index contributed by atoms with van der Waals surface area (Å²) in [5.74, 6) is -0.557. The summed E-state index contributed by atoms with van der Waals surface area (Å²) in [6.45, 7) is 2.10. The van der Waals surface area contributed by atoms with Gasteiger partial charge in [0.15, 0.2) is 9.84 Å². The molecule has 3 nitrogen and oxygen atoms in total. The fraction of sp³-hybridized carbons (Fsp3) is 0.500.